The molecular formula is C15H23N3O. The van der Waals surface area contributed by atoms with E-state index >= 15 is 0 Å². The van der Waals surface area contributed by atoms with Crippen molar-refractivity contribution >= 4 is 5.69 Å². The second-order valence-electron chi connectivity index (χ2n) is 5.02. The Morgan fingerprint density at radius 2 is 2.16 bits per heavy atom. The van der Waals surface area contributed by atoms with Crippen LogP contribution >= 0.6 is 0 Å². The minimum atomic E-state index is 0.561. The van der Waals surface area contributed by atoms with Gasteiger partial charge in [0.25, 0.3) is 0 Å². The Labute approximate surface area is 115 Å². The quantitative estimate of drug-likeness (QED) is 0.730. The summed E-state index contributed by atoms with van der Waals surface area (Å²) in [6.07, 6.45) is 0.561. The maximum Gasteiger partial charge on any atom is 0.121 e. The van der Waals surface area contributed by atoms with Gasteiger partial charge in [0.05, 0.1) is 6.07 Å². The lowest BCUT2D eigenvalue weighted by Crippen LogP contribution is -2.32. The lowest BCUT2D eigenvalue weighted by molar-refractivity contribution is 0.196. The van der Waals surface area contributed by atoms with Crippen LogP contribution in [-0.4, -0.2) is 31.1 Å². The van der Waals surface area contributed by atoms with Gasteiger partial charge in [0.1, 0.15) is 12.4 Å². The number of hydrogen-bond donors (Lipinski definition) is 1. The number of nitrogens with two attached hydrogens (primary N) is 1. The van der Waals surface area contributed by atoms with E-state index < -0.39 is 0 Å². The molecule has 1 aromatic carbocycles. The lowest BCUT2D eigenvalue weighted by Gasteiger charge is -2.23. The first-order valence-electron chi connectivity index (χ1n) is 6.69. The number of nitrogen functional groups attached to an aromatic ring is 1. The Hall–Kier alpha value is -1.73. The summed E-state index contributed by atoms with van der Waals surface area (Å²) in [5.41, 5.74) is 6.40. The minimum Gasteiger partial charge on any atom is -0.492 e. The van der Waals surface area contributed by atoms with Gasteiger partial charge in [0.15, 0.2) is 0 Å². The second kappa shape index (κ2) is 8.39. The van der Waals surface area contributed by atoms with Crippen LogP contribution in [0.3, 0.4) is 0 Å². The number of rotatable bonds is 8. The molecule has 0 aliphatic heterocycles. The molecule has 0 atom stereocenters. The van der Waals surface area contributed by atoms with Crippen LogP contribution in [0.15, 0.2) is 24.3 Å². The van der Waals surface area contributed by atoms with Crippen molar-refractivity contribution < 1.29 is 4.74 Å². The largest absolute Gasteiger partial charge is 0.492 e. The Morgan fingerprint density at radius 1 is 1.37 bits per heavy atom. The molecule has 0 aromatic heterocycles. The molecule has 0 amide bonds. The molecule has 19 heavy (non-hydrogen) atoms. The van der Waals surface area contributed by atoms with Gasteiger partial charge in [-0.05, 0) is 18.1 Å². The van der Waals surface area contributed by atoms with Gasteiger partial charge in [0.2, 0.25) is 0 Å². The highest BCUT2D eigenvalue weighted by Crippen LogP contribution is 2.14. The van der Waals surface area contributed by atoms with Crippen LogP contribution in [0.4, 0.5) is 5.69 Å². The molecule has 1 rings (SSSR count). The summed E-state index contributed by atoms with van der Waals surface area (Å²) in [5, 5.41) is 8.66. The molecule has 0 bridgehead atoms. The molecule has 0 saturated carbocycles. The molecule has 0 radical (unpaired) electrons. The molecular weight excluding hydrogens is 238 g/mol. The highest BCUT2D eigenvalue weighted by Gasteiger charge is 2.07. The number of anilines is 1. The third kappa shape index (κ3) is 6.68. The standard InChI is InChI=1S/C15H23N3O/c1-13(2)12-18(8-4-7-16)9-10-19-15-6-3-5-14(17)11-15/h3,5-6,11,13H,4,8-10,12,17H2,1-2H3. The Kier molecular flexibility index (Phi) is 6.76. The third-order valence-electron chi connectivity index (χ3n) is 2.70. The number of ether oxygens (including phenoxy) is 1. The molecule has 0 aliphatic rings. The van der Waals surface area contributed by atoms with Gasteiger partial charge in [-0.2, -0.15) is 5.26 Å². The van der Waals surface area contributed by atoms with E-state index in [9.17, 15) is 0 Å². The second-order valence-corrected chi connectivity index (χ2v) is 5.02. The molecule has 0 heterocycles. The zero-order valence-corrected chi connectivity index (χ0v) is 11.8. The highest BCUT2D eigenvalue weighted by atomic mass is 16.5. The van der Waals surface area contributed by atoms with Crippen LogP contribution in [-0.2, 0) is 0 Å². The van der Waals surface area contributed by atoms with Crippen LogP contribution in [0.1, 0.15) is 20.3 Å². The van der Waals surface area contributed by atoms with Crippen molar-refractivity contribution in [1.29, 1.82) is 5.26 Å². The van der Waals surface area contributed by atoms with Crippen LogP contribution in [0.5, 0.6) is 5.75 Å². The number of hydrogen-bond acceptors (Lipinski definition) is 4. The molecule has 1 aromatic rings. The molecule has 4 nitrogen and oxygen atoms in total. The van der Waals surface area contributed by atoms with Crippen LogP contribution in [0.2, 0.25) is 0 Å². The van der Waals surface area contributed by atoms with Crippen LogP contribution in [0, 0.1) is 17.2 Å². The van der Waals surface area contributed by atoms with Crippen LogP contribution in [0.25, 0.3) is 0 Å². The zero-order chi connectivity index (χ0) is 14.1. The van der Waals surface area contributed by atoms with E-state index in [1.807, 2.05) is 24.3 Å². The van der Waals surface area contributed by atoms with E-state index in [-0.39, 0.29) is 0 Å². The Balaban J connectivity index is 2.36. The first-order chi connectivity index (χ1) is 9.11. The van der Waals surface area contributed by atoms with E-state index in [1.54, 1.807) is 0 Å². The first kappa shape index (κ1) is 15.3. The molecule has 4 heteroatoms. The van der Waals surface area contributed by atoms with Gasteiger partial charge in [-0.3, -0.25) is 4.90 Å². The SMILES string of the molecule is CC(C)CN(CCC#N)CCOc1cccc(N)c1. The lowest BCUT2D eigenvalue weighted by atomic mass is 10.2. The maximum absolute atomic E-state index is 8.66. The minimum absolute atomic E-state index is 0.561. The van der Waals surface area contributed by atoms with Crippen molar-refractivity contribution in [2.75, 3.05) is 32.0 Å². The summed E-state index contributed by atoms with van der Waals surface area (Å²) in [6, 6.07) is 9.63. The number of nitriles is 1. The normalized spacial score (nSPS) is 10.7. The summed E-state index contributed by atoms with van der Waals surface area (Å²) in [5.74, 6) is 1.39. The fourth-order valence-corrected chi connectivity index (χ4v) is 1.92. The zero-order valence-electron chi connectivity index (χ0n) is 11.8. The van der Waals surface area contributed by atoms with Gasteiger partial charge in [-0.1, -0.05) is 19.9 Å². The van der Waals surface area contributed by atoms with E-state index in [2.05, 4.69) is 24.8 Å². The van der Waals surface area contributed by atoms with Crippen molar-refractivity contribution in [3.8, 4) is 11.8 Å². The smallest absolute Gasteiger partial charge is 0.121 e. The maximum atomic E-state index is 8.66. The Morgan fingerprint density at radius 3 is 2.79 bits per heavy atom. The fourth-order valence-electron chi connectivity index (χ4n) is 1.92. The van der Waals surface area contributed by atoms with E-state index in [0.29, 0.717) is 24.6 Å². The molecule has 2 N–H and O–H groups in total. The molecule has 0 saturated heterocycles. The van der Waals surface area contributed by atoms with Gasteiger partial charge >= 0.3 is 0 Å². The first-order valence-corrected chi connectivity index (χ1v) is 6.69. The van der Waals surface area contributed by atoms with Gasteiger partial charge in [0, 0.05) is 37.8 Å². The van der Waals surface area contributed by atoms with Crippen molar-refractivity contribution in [3.05, 3.63) is 24.3 Å². The number of nitrogens with zero attached hydrogens (tertiary/aromatic N) is 2. The topological polar surface area (TPSA) is 62.3 Å². The van der Waals surface area contributed by atoms with Gasteiger partial charge in [-0.25, -0.2) is 0 Å². The van der Waals surface area contributed by atoms with Gasteiger partial charge < -0.3 is 10.5 Å². The predicted molar refractivity (Wildman–Crippen MR) is 77.9 cm³/mol. The van der Waals surface area contributed by atoms with E-state index in [4.69, 9.17) is 15.7 Å². The summed E-state index contributed by atoms with van der Waals surface area (Å²) in [7, 11) is 0. The summed E-state index contributed by atoms with van der Waals surface area (Å²) in [4.78, 5) is 2.26. The van der Waals surface area contributed by atoms with E-state index in [1.165, 1.54) is 0 Å². The molecule has 0 unspecified atom stereocenters. The predicted octanol–water partition coefficient (Wildman–Crippen LogP) is 2.52. The monoisotopic (exact) mass is 261 g/mol. The van der Waals surface area contributed by atoms with Crippen molar-refractivity contribution in [3.63, 3.8) is 0 Å². The summed E-state index contributed by atoms with van der Waals surface area (Å²) >= 11 is 0. The average Bonchev–Trinajstić information content (AvgIpc) is 2.35. The highest BCUT2D eigenvalue weighted by molar-refractivity contribution is 5.43. The summed E-state index contributed by atoms with van der Waals surface area (Å²) < 4.78 is 5.67. The fraction of sp³-hybridized carbons (Fsp3) is 0.533. The Bertz CT molecular complexity index is 412. The molecule has 104 valence electrons. The van der Waals surface area contributed by atoms with Gasteiger partial charge in [-0.15, -0.1) is 0 Å². The molecule has 0 fully saturated rings. The van der Waals surface area contributed by atoms with E-state index in [0.717, 1.165) is 25.4 Å². The average molecular weight is 261 g/mol. The van der Waals surface area contributed by atoms with Crippen molar-refractivity contribution in [1.82, 2.24) is 4.90 Å². The number of benzene rings is 1. The van der Waals surface area contributed by atoms with Crippen LogP contribution < -0.4 is 10.5 Å². The van der Waals surface area contributed by atoms with Crippen molar-refractivity contribution in [2.24, 2.45) is 5.92 Å². The third-order valence-corrected chi connectivity index (χ3v) is 2.70. The van der Waals surface area contributed by atoms with Crippen molar-refractivity contribution in [2.45, 2.75) is 20.3 Å². The molecule has 0 spiro atoms. The molecule has 0 aliphatic carbocycles. The summed E-state index contributed by atoms with van der Waals surface area (Å²) in [6.45, 7) is 7.59.